The number of amides is 3. The predicted molar refractivity (Wildman–Crippen MR) is 121 cm³/mol. The van der Waals surface area contributed by atoms with Crippen LogP contribution in [0.3, 0.4) is 0 Å². The first kappa shape index (κ1) is 23.0. The van der Waals surface area contributed by atoms with E-state index < -0.39 is 24.1 Å². The van der Waals surface area contributed by atoms with E-state index in [1.807, 2.05) is 13.8 Å². The van der Waals surface area contributed by atoms with Crippen molar-refractivity contribution in [2.75, 3.05) is 5.32 Å². The van der Waals surface area contributed by atoms with Crippen LogP contribution in [-0.2, 0) is 16.1 Å². The number of nitrogens with zero attached hydrogens (tertiary/aromatic N) is 1. The average Bonchev–Trinajstić information content (AvgIpc) is 3.44. The SMILES string of the molecule is CC(C)NC(=O)[C@@H]1[C@H](c2ccc(NC(=O)c3ccco3)cc2)OC(=O)N1Cc1ccc(F)cc1. The van der Waals surface area contributed by atoms with Crippen LogP contribution in [0.5, 0.6) is 0 Å². The van der Waals surface area contributed by atoms with Crippen LogP contribution in [0.2, 0.25) is 0 Å². The number of cyclic esters (lactones) is 1. The number of nitrogens with one attached hydrogen (secondary N) is 2. The Bertz CT molecular complexity index is 1160. The molecule has 2 atom stereocenters. The molecular weight excluding hydrogens is 441 g/mol. The van der Waals surface area contributed by atoms with Crippen molar-refractivity contribution in [3.8, 4) is 0 Å². The summed E-state index contributed by atoms with van der Waals surface area (Å²) in [6, 6.07) is 14.5. The van der Waals surface area contributed by atoms with Crippen LogP contribution in [0.15, 0.2) is 71.3 Å². The van der Waals surface area contributed by atoms with Crippen LogP contribution in [0.4, 0.5) is 14.9 Å². The Hall–Kier alpha value is -4.14. The van der Waals surface area contributed by atoms with E-state index in [4.69, 9.17) is 9.15 Å². The molecule has 4 rings (SSSR count). The third kappa shape index (κ3) is 5.09. The predicted octanol–water partition coefficient (Wildman–Crippen LogP) is 4.26. The minimum atomic E-state index is -0.927. The lowest BCUT2D eigenvalue weighted by atomic mass is 10.00. The van der Waals surface area contributed by atoms with E-state index in [0.29, 0.717) is 16.8 Å². The van der Waals surface area contributed by atoms with Crippen molar-refractivity contribution in [1.82, 2.24) is 10.2 Å². The number of hydrogen-bond donors (Lipinski definition) is 2. The molecule has 34 heavy (non-hydrogen) atoms. The van der Waals surface area contributed by atoms with E-state index in [0.717, 1.165) is 0 Å². The van der Waals surface area contributed by atoms with Crippen molar-refractivity contribution in [1.29, 1.82) is 0 Å². The smallest absolute Gasteiger partial charge is 0.411 e. The molecule has 1 aromatic heterocycles. The van der Waals surface area contributed by atoms with E-state index in [-0.39, 0.29) is 30.1 Å². The number of benzene rings is 2. The molecule has 2 aromatic carbocycles. The molecule has 0 aliphatic carbocycles. The van der Waals surface area contributed by atoms with Crippen LogP contribution >= 0.6 is 0 Å². The maximum atomic E-state index is 13.3. The Morgan fingerprint density at radius 1 is 1.06 bits per heavy atom. The summed E-state index contributed by atoms with van der Waals surface area (Å²) in [7, 11) is 0. The van der Waals surface area contributed by atoms with E-state index in [1.165, 1.54) is 23.3 Å². The summed E-state index contributed by atoms with van der Waals surface area (Å²) in [5, 5.41) is 5.56. The Kier molecular flexibility index (Phi) is 6.62. The van der Waals surface area contributed by atoms with E-state index >= 15 is 0 Å². The van der Waals surface area contributed by atoms with Crippen molar-refractivity contribution in [2.24, 2.45) is 0 Å². The quantitative estimate of drug-likeness (QED) is 0.543. The number of halogens is 1. The van der Waals surface area contributed by atoms with Gasteiger partial charge in [-0.05, 0) is 61.4 Å². The maximum absolute atomic E-state index is 13.3. The van der Waals surface area contributed by atoms with Gasteiger partial charge in [-0.25, -0.2) is 9.18 Å². The van der Waals surface area contributed by atoms with Crippen LogP contribution in [0, 0.1) is 5.82 Å². The first-order valence-electron chi connectivity index (χ1n) is 10.8. The monoisotopic (exact) mass is 465 g/mol. The Morgan fingerprint density at radius 3 is 2.38 bits per heavy atom. The molecule has 2 N–H and O–H groups in total. The molecule has 1 aliphatic rings. The number of carbonyl (C=O) groups is 3. The number of anilines is 1. The van der Waals surface area contributed by atoms with E-state index in [1.54, 1.807) is 48.5 Å². The highest BCUT2D eigenvalue weighted by atomic mass is 19.1. The summed E-state index contributed by atoms with van der Waals surface area (Å²) >= 11 is 0. The lowest BCUT2D eigenvalue weighted by Crippen LogP contribution is -2.48. The second kappa shape index (κ2) is 9.78. The second-order valence-electron chi connectivity index (χ2n) is 8.22. The van der Waals surface area contributed by atoms with Crippen LogP contribution in [0.1, 0.15) is 41.6 Å². The van der Waals surface area contributed by atoms with Crippen LogP contribution in [-0.4, -0.2) is 34.9 Å². The lowest BCUT2D eigenvalue weighted by Gasteiger charge is -2.25. The van der Waals surface area contributed by atoms with Crippen molar-refractivity contribution < 1.29 is 27.9 Å². The van der Waals surface area contributed by atoms with E-state index in [2.05, 4.69) is 10.6 Å². The summed E-state index contributed by atoms with van der Waals surface area (Å²) in [6.45, 7) is 3.74. The zero-order chi connectivity index (χ0) is 24.2. The minimum absolute atomic E-state index is 0.0864. The Morgan fingerprint density at radius 2 is 1.76 bits per heavy atom. The third-order valence-electron chi connectivity index (χ3n) is 5.29. The topological polar surface area (TPSA) is 101 Å². The first-order chi connectivity index (χ1) is 16.3. The molecule has 0 spiro atoms. The standard InChI is InChI=1S/C25H24FN3O5/c1-15(2)27-24(31)21-22(34-25(32)29(21)14-16-5-9-18(26)10-6-16)17-7-11-19(12-8-17)28-23(30)20-4-3-13-33-20/h3-13,15,21-22H,14H2,1-2H3,(H,27,31)(H,28,30)/t21-,22-/m0/s1. The number of furan rings is 1. The summed E-state index contributed by atoms with van der Waals surface area (Å²) in [6.07, 6.45) is -0.0955. The van der Waals surface area contributed by atoms with Crippen molar-refractivity contribution in [2.45, 2.75) is 38.6 Å². The summed E-state index contributed by atoms with van der Waals surface area (Å²) in [5.41, 5.74) is 1.77. The number of rotatable bonds is 7. The molecule has 0 saturated carbocycles. The van der Waals surface area contributed by atoms with Gasteiger partial charge in [-0.1, -0.05) is 24.3 Å². The molecule has 9 heteroatoms. The van der Waals surface area contributed by atoms with Gasteiger partial charge in [-0.15, -0.1) is 0 Å². The highest BCUT2D eigenvalue weighted by Gasteiger charge is 2.47. The lowest BCUT2D eigenvalue weighted by molar-refractivity contribution is -0.126. The van der Waals surface area contributed by atoms with Crippen molar-refractivity contribution >= 4 is 23.6 Å². The van der Waals surface area contributed by atoms with Gasteiger partial charge < -0.3 is 19.8 Å². The molecule has 0 unspecified atom stereocenters. The van der Waals surface area contributed by atoms with Gasteiger partial charge in [0.05, 0.1) is 12.8 Å². The molecule has 0 radical (unpaired) electrons. The molecule has 1 fully saturated rings. The van der Waals surface area contributed by atoms with Crippen LogP contribution in [0.25, 0.3) is 0 Å². The third-order valence-corrected chi connectivity index (χ3v) is 5.29. The average molecular weight is 465 g/mol. The van der Waals surface area contributed by atoms with Gasteiger partial charge >= 0.3 is 6.09 Å². The van der Waals surface area contributed by atoms with Gasteiger partial charge in [-0.2, -0.15) is 0 Å². The number of carbonyl (C=O) groups excluding carboxylic acids is 3. The fraction of sp³-hybridized carbons (Fsp3) is 0.240. The van der Waals surface area contributed by atoms with Gasteiger partial charge in [-0.3, -0.25) is 14.5 Å². The van der Waals surface area contributed by atoms with Gasteiger partial charge in [0.15, 0.2) is 17.9 Å². The molecule has 1 saturated heterocycles. The molecule has 0 bridgehead atoms. The molecule has 2 heterocycles. The fourth-order valence-electron chi connectivity index (χ4n) is 3.72. The first-order valence-corrected chi connectivity index (χ1v) is 10.8. The molecular formula is C25H24FN3O5. The van der Waals surface area contributed by atoms with Gasteiger partial charge in [0.25, 0.3) is 5.91 Å². The number of hydrogen-bond acceptors (Lipinski definition) is 5. The molecule has 3 amide bonds. The van der Waals surface area contributed by atoms with Gasteiger partial charge in [0.1, 0.15) is 5.82 Å². The molecule has 1 aliphatic heterocycles. The van der Waals surface area contributed by atoms with Gasteiger partial charge in [0, 0.05) is 11.7 Å². The Balaban J connectivity index is 1.56. The zero-order valence-electron chi connectivity index (χ0n) is 18.7. The van der Waals surface area contributed by atoms with Crippen molar-refractivity contribution in [3.05, 3.63) is 89.6 Å². The van der Waals surface area contributed by atoms with Crippen molar-refractivity contribution in [3.63, 3.8) is 0 Å². The summed E-state index contributed by atoms with van der Waals surface area (Å²) in [5.74, 6) is -0.970. The highest BCUT2D eigenvalue weighted by Crippen LogP contribution is 2.34. The summed E-state index contributed by atoms with van der Waals surface area (Å²) < 4.78 is 24.0. The molecule has 8 nitrogen and oxygen atoms in total. The zero-order valence-corrected chi connectivity index (χ0v) is 18.7. The molecule has 3 aromatic rings. The maximum Gasteiger partial charge on any atom is 0.411 e. The normalized spacial score (nSPS) is 17.5. The van der Waals surface area contributed by atoms with E-state index in [9.17, 15) is 18.8 Å². The number of ether oxygens (including phenoxy) is 1. The highest BCUT2D eigenvalue weighted by molar-refractivity contribution is 6.02. The fourth-order valence-corrected chi connectivity index (χ4v) is 3.72. The summed E-state index contributed by atoms with van der Waals surface area (Å²) in [4.78, 5) is 39.3. The Labute approximate surface area is 195 Å². The minimum Gasteiger partial charge on any atom is -0.459 e. The largest absolute Gasteiger partial charge is 0.459 e. The van der Waals surface area contributed by atoms with Gasteiger partial charge in [0.2, 0.25) is 5.91 Å². The van der Waals surface area contributed by atoms with Crippen LogP contribution < -0.4 is 10.6 Å². The molecule has 176 valence electrons. The second-order valence-corrected chi connectivity index (χ2v) is 8.22.